The molecule has 3 heteroatoms. The average molecular weight is 479 g/mol. The van der Waals surface area contributed by atoms with E-state index in [9.17, 15) is 0 Å². The number of nitrogens with zero attached hydrogens (tertiary/aromatic N) is 2. The van der Waals surface area contributed by atoms with Gasteiger partial charge in [-0.2, -0.15) is 0 Å². The molecule has 3 aromatic heterocycles. The summed E-state index contributed by atoms with van der Waals surface area (Å²) in [4.78, 5) is 5.15. The summed E-state index contributed by atoms with van der Waals surface area (Å²) in [5.74, 6) is 0. The zero-order valence-corrected chi connectivity index (χ0v) is 20.9. The van der Waals surface area contributed by atoms with E-state index in [-0.39, 0.29) is 0 Å². The molecule has 0 spiro atoms. The standard InChI is InChI=1S/C33H22N2S/c1-19-9-3-4-10-21(19)23-16-25-24-17-26-22-11-5-8-14-31(22)36-32(26)18-27(24)33-34-28-12-6-7-13-29(28)35(33)30(25)15-20(23)2/h3-18H,1-2H3. The molecule has 36 heavy (non-hydrogen) atoms. The number of para-hydroxylation sites is 2. The number of aryl methyl sites for hydroxylation is 2. The molecule has 5 aromatic carbocycles. The highest BCUT2D eigenvalue weighted by Gasteiger charge is 2.18. The predicted octanol–water partition coefficient (Wildman–Crippen LogP) is 9.45. The maximum Gasteiger partial charge on any atom is 0.146 e. The van der Waals surface area contributed by atoms with Gasteiger partial charge >= 0.3 is 0 Å². The van der Waals surface area contributed by atoms with Crippen LogP contribution < -0.4 is 0 Å². The van der Waals surface area contributed by atoms with Crippen LogP contribution in [0.3, 0.4) is 0 Å². The Kier molecular flexibility index (Phi) is 3.98. The van der Waals surface area contributed by atoms with Crippen molar-refractivity contribution in [3.8, 4) is 11.1 Å². The number of thiophene rings is 1. The molecule has 0 fully saturated rings. The summed E-state index contributed by atoms with van der Waals surface area (Å²) in [6, 6.07) is 35.4. The van der Waals surface area contributed by atoms with E-state index < -0.39 is 0 Å². The number of hydrogen-bond acceptors (Lipinski definition) is 2. The van der Waals surface area contributed by atoms with Crippen LogP contribution in [0.5, 0.6) is 0 Å². The fourth-order valence-electron chi connectivity index (χ4n) is 5.89. The molecule has 170 valence electrons. The fraction of sp³-hybridized carbons (Fsp3) is 0.0606. The third kappa shape index (κ3) is 2.64. The lowest BCUT2D eigenvalue weighted by molar-refractivity contribution is 1.30. The molecule has 0 aliphatic carbocycles. The summed E-state index contributed by atoms with van der Waals surface area (Å²) in [5.41, 5.74) is 9.58. The molecule has 3 heterocycles. The van der Waals surface area contributed by atoms with Gasteiger partial charge < -0.3 is 0 Å². The van der Waals surface area contributed by atoms with Crippen LogP contribution in [0, 0.1) is 13.8 Å². The normalized spacial score (nSPS) is 12.2. The molecule has 0 unspecified atom stereocenters. The van der Waals surface area contributed by atoms with Crippen molar-refractivity contribution in [2.24, 2.45) is 0 Å². The smallest absolute Gasteiger partial charge is 0.146 e. The zero-order chi connectivity index (χ0) is 24.0. The van der Waals surface area contributed by atoms with Crippen molar-refractivity contribution in [2.45, 2.75) is 13.8 Å². The monoisotopic (exact) mass is 478 g/mol. The Bertz CT molecular complexity index is 2180. The van der Waals surface area contributed by atoms with Gasteiger partial charge in [-0.3, -0.25) is 4.40 Å². The lowest BCUT2D eigenvalue weighted by Crippen LogP contribution is -1.95. The first-order valence-electron chi connectivity index (χ1n) is 12.3. The van der Waals surface area contributed by atoms with E-state index in [0.29, 0.717) is 0 Å². The van der Waals surface area contributed by atoms with Crippen LogP contribution in [0.1, 0.15) is 11.1 Å². The Labute approximate surface area is 212 Å². The Balaban J connectivity index is 1.64. The number of pyridine rings is 1. The van der Waals surface area contributed by atoms with Gasteiger partial charge in [-0.15, -0.1) is 11.3 Å². The Hall–Kier alpha value is -4.21. The SMILES string of the molecule is Cc1ccccc1-c1cc2c3cc4c(cc3c3nc5ccccc5n3c2cc1C)sc1ccccc14. The second-order valence-electron chi connectivity index (χ2n) is 9.75. The van der Waals surface area contributed by atoms with Crippen LogP contribution >= 0.6 is 11.3 Å². The van der Waals surface area contributed by atoms with Crippen molar-refractivity contribution in [1.82, 2.24) is 9.38 Å². The topological polar surface area (TPSA) is 17.3 Å². The third-order valence-corrected chi connectivity index (χ3v) is 8.76. The molecule has 0 atom stereocenters. The number of rotatable bonds is 1. The minimum atomic E-state index is 1.03. The maximum absolute atomic E-state index is 5.15. The zero-order valence-electron chi connectivity index (χ0n) is 20.0. The Morgan fingerprint density at radius 1 is 0.556 bits per heavy atom. The second-order valence-corrected chi connectivity index (χ2v) is 10.8. The van der Waals surface area contributed by atoms with Crippen LogP contribution in [0.25, 0.3) is 69.7 Å². The lowest BCUT2D eigenvalue weighted by atomic mass is 9.93. The summed E-state index contributed by atoms with van der Waals surface area (Å²) >= 11 is 1.86. The Morgan fingerprint density at radius 2 is 1.36 bits per heavy atom. The van der Waals surface area contributed by atoms with Crippen molar-refractivity contribution in [3.05, 3.63) is 108 Å². The van der Waals surface area contributed by atoms with Crippen LogP contribution in [0.15, 0.2) is 97.1 Å². The second kappa shape index (κ2) is 7.16. The molecular formula is C33H22N2S. The minimum absolute atomic E-state index is 1.03. The summed E-state index contributed by atoms with van der Waals surface area (Å²) in [7, 11) is 0. The molecule has 8 rings (SSSR count). The van der Waals surface area contributed by atoms with Crippen LogP contribution in [-0.4, -0.2) is 9.38 Å². The summed E-state index contributed by atoms with van der Waals surface area (Å²) in [6.07, 6.45) is 0. The molecule has 0 saturated heterocycles. The van der Waals surface area contributed by atoms with Gasteiger partial charge in [0.05, 0.1) is 16.6 Å². The first kappa shape index (κ1) is 20.0. The van der Waals surface area contributed by atoms with Gasteiger partial charge in [0.1, 0.15) is 5.65 Å². The lowest BCUT2D eigenvalue weighted by Gasteiger charge is -2.15. The van der Waals surface area contributed by atoms with Crippen molar-refractivity contribution >= 4 is 69.9 Å². The molecule has 8 aromatic rings. The van der Waals surface area contributed by atoms with E-state index in [0.717, 1.165) is 16.7 Å². The first-order chi connectivity index (χ1) is 17.7. The van der Waals surface area contributed by atoms with E-state index in [4.69, 9.17) is 4.98 Å². The third-order valence-electron chi connectivity index (χ3n) is 7.63. The number of benzene rings is 5. The number of imidazole rings is 1. The van der Waals surface area contributed by atoms with Crippen LogP contribution in [-0.2, 0) is 0 Å². The van der Waals surface area contributed by atoms with Gasteiger partial charge in [-0.1, -0.05) is 54.6 Å². The van der Waals surface area contributed by atoms with Gasteiger partial charge in [0.25, 0.3) is 0 Å². The van der Waals surface area contributed by atoms with Gasteiger partial charge in [-0.05, 0) is 84.0 Å². The molecule has 0 saturated carbocycles. The number of fused-ring (bicyclic) bond motifs is 11. The van der Waals surface area contributed by atoms with Crippen molar-refractivity contribution in [3.63, 3.8) is 0 Å². The molecule has 0 amide bonds. The number of hydrogen-bond donors (Lipinski definition) is 0. The molecule has 0 N–H and O–H groups in total. The molecule has 0 radical (unpaired) electrons. The highest BCUT2D eigenvalue weighted by atomic mass is 32.1. The predicted molar refractivity (Wildman–Crippen MR) is 156 cm³/mol. The highest BCUT2D eigenvalue weighted by Crippen LogP contribution is 2.42. The number of aromatic nitrogens is 2. The summed E-state index contributed by atoms with van der Waals surface area (Å²) in [5, 5.41) is 6.38. The van der Waals surface area contributed by atoms with Crippen molar-refractivity contribution in [1.29, 1.82) is 0 Å². The Morgan fingerprint density at radius 3 is 2.28 bits per heavy atom. The summed E-state index contributed by atoms with van der Waals surface area (Å²) in [6.45, 7) is 4.43. The van der Waals surface area contributed by atoms with Gasteiger partial charge in [0.2, 0.25) is 0 Å². The molecule has 0 aliphatic heterocycles. The van der Waals surface area contributed by atoms with E-state index in [1.54, 1.807) is 0 Å². The molecular weight excluding hydrogens is 456 g/mol. The average Bonchev–Trinajstić information content (AvgIpc) is 3.46. The fourth-order valence-corrected chi connectivity index (χ4v) is 7.02. The van der Waals surface area contributed by atoms with Crippen molar-refractivity contribution < 1.29 is 0 Å². The van der Waals surface area contributed by atoms with Gasteiger partial charge in [0.15, 0.2) is 0 Å². The van der Waals surface area contributed by atoms with Gasteiger partial charge in [-0.25, -0.2) is 4.98 Å². The minimum Gasteiger partial charge on any atom is -0.292 e. The van der Waals surface area contributed by atoms with E-state index >= 15 is 0 Å². The van der Waals surface area contributed by atoms with E-state index in [1.165, 1.54) is 64.1 Å². The highest BCUT2D eigenvalue weighted by molar-refractivity contribution is 7.25. The van der Waals surface area contributed by atoms with Crippen molar-refractivity contribution in [2.75, 3.05) is 0 Å². The maximum atomic E-state index is 5.15. The molecule has 0 aliphatic rings. The van der Waals surface area contributed by atoms with E-state index in [1.807, 2.05) is 11.3 Å². The van der Waals surface area contributed by atoms with E-state index in [2.05, 4.69) is 115 Å². The molecule has 0 bridgehead atoms. The largest absolute Gasteiger partial charge is 0.292 e. The first-order valence-corrected chi connectivity index (χ1v) is 13.1. The van der Waals surface area contributed by atoms with Gasteiger partial charge in [0, 0.05) is 30.9 Å². The summed E-state index contributed by atoms with van der Waals surface area (Å²) < 4.78 is 5.00. The quantitative estimate of drug-likeness (QED) is 0.215. The van der Waals surface area contributed by atoms with Crippen LogP contribution in [0.4, 0.5) is 0 Å². The van der Waals surface area contributed by atoms with Crippen LogP contribution in [0.2, 0.25) is 0 Å². The molecule has 2 nitrogen and oxygen atoms in total.